The lowest BCUT2D eigenvalue weighted by Gasteiger charge is -2.22. The molecule has 0 aromatic carbocycles. The second kappa shape index (κ2) is 3.30. The van der Waals surface area contributed by atoms with Crippen LogP contribution in [0.5, 0.6) is 0 Å². The summed E-state index contributed by atoms with van der Waals surface area (Å²) in [5.74, 6) is 0. The molecule has 2 rings (SSSR count). The summed E-state index contributed by atoms with van der Waals surface area (Å²) in [4.78, 5) is 2.59. The van der Waals surface area contributed by atoms with E-state index >= 15 is 0 Å². The van der Waals surface area contributed by atoms with E-state index in [2.05, 4.69) is 4.90 Å². The third-order valence-corrected chi connectivity index (χ3v) is 2.97. The Balaban J connectivity index is 0.000000605. The highest BCUT2D eigenvalue weighted by Gasteiger charge is 2.49. The maximum atomic E-state index is 5.52. The van der Waals surface area contributed by atoms with Crippen molar-refractivity contribution in [3.8, 4) is 0 Å². The molecule has 1 aliphatic heterocycles. The van der Waals surface area contributed by atoms with Gasteiger partial charge in [-0.3, -0.25) is 4.90 Å². The Kier molecular flexibility index (Phi) is 2.79. The van der Waals surface area contributed by atoms with Crippen molar-refractivity contribution in [2.75, 3.05) is 19.6 Å². The van der Waals surface area contributed by atoms with E-state index in [1.807, 2.05) is 0 Å². The molecular weight excluding hydrogens is 160 g/mol. The summed E-state index contributed by atoms with van der Waals surface area (Å²) in [5.41, 5.74) is 6.18. The normalized spacial score (nSPS) is 27.0. The van der Waals surface area contributed by atoms with Gasteiger partial charge in [0.1, 0.15) is 0 Å². The first kappa shape index (κ1) is 9.30. The second-order valence-corrected chi connectivity index (χ2v) is 3.60. The first-order valence-corrected chi connectivity index (χ1v) is 4.32. The minimum absolute atomic E-state index is 0. The Bertz CT molecular complexity index is 134. The molecule has 1 aliphatic carbocycles. The monoisotopic (exact) mass is 176 g/mol. The van der Waals surface area contributed by atoms with Gasteiger partial charge in [-0.05, 0) is 32.2 Å². The maximum Gasteiger partial charge on any atom is 0.0212 e. The largest absolute Gasteiger partial charge is 0.329 e. The van der Waals surface area contributed by atoms with Crippen LogP contribution in [-0.4, -0.2) is 30.1 Å². The molecule has 3 heteroatoms. The van der Waals surface area contributed by atoms with E-state index in [1.54, 1.807) is 0 Å². The molecule has 0 aromatic heterocycles. The van der Waals surface area contributed by atoms with Gasteiger partial charge in [-0.15, -0.1) is 12.4 Å². The Labute approximate surface area is 74.5 Å². The summed E-state index contributed by atoms with van der Waals surface area (Å²) in [6.07, 6.45) is 5.72. The first-order chi connectivity index (χ1) is 4.87. The molecule has 1 saturated heterocycles. The number of halogens is 1. The molecule has 1 spiro atoms. The van der Waals surface area contributed by atoms with Gasteiger partial charge in [0, 0.05) is 18.6 Å². The zero-order chi connectivity index (χ0) is 7.03. The Hall–Kier alpha value is 0.210. The van der Waals surface area contributed by atoms with E-state index in [4.69, 9.17) is 5.73 Å². The number of nitrogens with zero attached hydrogens (tertiary/aromatic N) is 1. The fourth-order valence-electron chi connectivity index (χ4n) is 2.21. The van der Waals surface area contributed by atoms with Gasteiger partial charge in [-0.1, -0.05) is 0 Å². The lowest BCUT2D eigenvalue weighted by Crippen LogP contribution is -2.35. The molecule has 1 saturated carbocycles. The van der Waals surface area contributed by atoms with E-state index in [9.17, 15) is 0 Å². The van der Waals surface area contributed by atoms with E-state index in [1.165, 1.54) is 32.2 Å². The van der Waals surface area contributed by atoms with Gasteiger partial charge in [-0.25, -0.2) is 0 Å². The maximum absolute atomic E-state index is 5.52. The summed E-state index contributed by atoms with van der Waals surface area (Å²) in [6.45, 7) is 3.26. The number of nitrogens with two attached hydrogens (primary N) is 1. The van der Waals surface area contributed by atoms with E-state index in [0.29, 0.717) is 5.54 Å². The van der Waals surface area contributed by atoms with Gasteiger partial charge in [0.05, 0.1) is 0 Å². The quantitative estimate of drug-likeness (QED) is 0.680. The van der Waals surface area contributed by atoms with Crippen molar-refractivity contribution in [3.05, 3.63) is 0 Å². The van der Waals surface area contributed by atoms with Crippen LogP contribution in [0.2, 0.25) is 0 Å². The third-order valence-electron chi connectivity index (χ3n) is 2.97. The number of hydrogen-bond donors (Lipinski definition) is 1. The van der Waals surface area contributed by atoms with Crippen molar-refractivity contribution in [2.45, 2.75) is 31.2 Å². The fraction of sp³-hybridized carbons (Fsp3) is 1.00. The zero-order valence-corrected chi connectivity index (χ0v) is 7.70. The Morgan fingerprint density at radius 3 is 2.55 bits per heavy atom. The van der Waals surface area contributed by atoms with Crippen molar-refractivity contribution < 1.29 is 0 Å². The van der Waals surface area contributed by atoms with Gasteiger partial charge in [-0.2, -0.15) is 0 Å². The molecule has 2 fully saturated rings. The van der Waals surface area contributed by atoms with Crippen LogP contribution >= 0.6 is 12.4 Å². The third kappa shape index (κ3) is 1.53. The topological polar surface area (TPSA) is 29.3 Å². The summed E-state index contributed by atoms with van der Waals surface area (Å²) >= 11 is 0. The van der Waals surface area contributed by atoms with Crippen LogP contribution in [0.15, 0.2) is 0 Å². The van der Waals surface area contributed by atoms with E-state index in [0.717, 1.165) is 13.1 Å². The molecule has 0 radical (unpaired) electrons. The van der Waals surface area contributed by atoms with Gasteiger partial charge in [0.15, 0.2) is 0 Å². The molecule has 0 aromatic rings. The van der Waals surface area contributed by atoms with Gasteiger partial charge < -0.3 is 5.73 Å². The van der Waals surface area contributed by atoms with Crippen molar-refractivity contribution in [1.82, 2.24) is 4.90 Å². The van der Waals surface area contributed by atoms with Crippen LogP contribution < -0.4 is 5.73 Å². The van der Waals surface area contributed by atoms with Crippen LogP contribution in [0.4, 0.5) is 0 Å². The van der Waals surface area contributed by atoms with Crippen LogP contribution in [0.25, 0.3) is 0 Å². The zero-order valence-electron chi connectivity index (χ0n) is 6.88. The molecule has 0 amide bonds. The fourth-order valence-corrected chi connectivity index (χ4v) is 2.21. The van der Waals surface area contributed by atoms with Crippen molar-refractivity contribution >= 4 is 12.4 Å². The smallest absolute Gasteiger partial charge is 0.0212 e. The molecule has 0 unspecified atom stereocenters. The number of rotatable bonds is 2. The van der Waals surface area contributed by atoms with Gasteiger partial charge in [0.2, 0.25) is 0 Å². The Morgan fingerprint density at radius 2 is 2.00 bits per heavy atom. The summed E-state index contributed by atoms with van der Waals surface area (Å²) in [7, 11) is 0. The molecule has 11 heavy (non-hydrogen) atoms. The number of hydrogen-bond acceptors (Lipinski definition) is 2. The molecule has 2 nitrogen and oxygen atoms in total. The molecule has 2 aliphatic rings. The lowest BCUT2D eigenvalue weighted by atomic mass is 10.2. The van der Waals surface area contributed by atoms with Gasteiger partial charge in [0.25, 0.3) is 0 Å². The number of likely N-dealkylation sites (tertiary alicyclic amines) is 1. The summed E-state index contributed by atoms with van der Waals surface area (Å²) in [5, 5.41) is 0. The van der Waals surface area contributed by atoms with Crippen LogP contribution in [0.3, 0.4) is 0 Å². The molecule has 1 heterocycles. The molecule has 0 bridgehead atoms. The van der Waals surface area contributed by atoms with Crippen LogP contribution in [-0.2, 0) is 0 Å². The summed E-state index contributed by atoms with van der Waals surface area (Å²) < 4.78 is 0. The van der Waals surface area contributed by atoms with Crippen molar-refractivity contribution in [1.29, 1.82) is 0 Å². The van der Waals surface area contributed by atoms with Crippen molar-refractivity contribution in [3.63, 3.8) is 0 Å². The molecular formula is C8H17ClN2. The summed E-state index contributed by atoms with van der Waals surface area (Å²) in [6, 6.07) is 0. The predicted octanol–water partition coefficient (Wildman–Crippen LogP) is 0.995. The van der Waals surface area contributed by atoms with Crippen molar-refractivity contribution in [2.24, 2.45) is 5.73 Å². The van der Waals surface area contributed by atoms with Gasteiger partial charge >= 0.3 is 0 Å². The van der Waals surface area contributed by atoms with Crippen LogP contribution in [0, 0.1) is 0 Å². The highest BCUT2D eigenvalue weighted by atomic mass is 35.5. The second-order valence-electron chi connectivity index (χ2n) is 3.60. The van der Waals surface area contributed by atoms with Crippen LogP contribution in [0.1, 0.15) is 25.7 Å². The molecule has 66 valence electrons. The highest BCUT2D eigenvalue weighted by Crippen LogP contribution is 2.48. The lowest BCUT2D eigenvalue weighted by molar-refractivity contribution is 0.242. The minimum atomic E-state index is 0. The van der Waals surface area contributed by atoms with E-state index < -0.39 is 0 Å². The molecule has 0 atom stereocenters. The predicted molar refractivity (Wildman–Crippen MR) is 49.1 cm³/mol. The average Bonchev–Trinajstić information content (AvgIpc) is 2.57. The minimum Gasteiger partial charge on any atom is -0.329 e. The average molecular weight is 177 g/mol. The highest BCUT2D eigenvalue weighted by molar-refractivity contribution is 5.85. The van der Waals surface area contributed by atoms with E-state index in [-0.39, 0.29) is 12.4 Å². The molecule has 2 N–H and O–H groups in total. The Morgan fingerprint density at radius 1 is 1.27 bits per heavy atom. The SMILES string of the molecule is Cl.NCCN1CCCC12CC2. The standard InChI is InChI=1S/C8H16N2.ClH/c9-5-7-10-6-1-2-8(10)3-4-8;/h1-7,9H2;1H. The first-order valence-electron chi connectivity index (χ1n) is 4.32.